The summed E-state index contributed by atoms with van der Waals surface area (Å²) in [4.78, 5) is 2.27. The van der Waals surface area contributed by atoms with Crippen molar-refractivity contribution in [2.45, 2.75) is 31.8 Å². The van der Waals surface area contributed by atoms with Crippen molar-refractivity contribution in [2.24, 2.45) is 0 Å². The number of nitrogens with one attached hydrogen (secondary N) is 1. The van der Waals surface area contributed by atoms with Crippen LogP contribution in [0.1, 0.15) is 19.8 Å². The molecule has 0 saturated carbocycles. The van der Waals surface area contributed by atoms with E-state index in [0.29, 0.717) is 6.04 Å². The van der Waals surface area contributed by atoms with Crippen LogP contribution in [0.25, 0.3) is 0 Å². The summed E-state index contributed by atoms with van der Waals surface area (Å²) in [7, 11) is 2.10. The minimum absolute atomic E-state index is 0.257. The minimum atomic E-state index is 0.257. The van der Waals surface area contributed by atoms with Crippen molar-refractivity contribution < 1.29 is 5.11 Å². The molecule has 1 rings (SSSR count). The highest BCUT2D eigenvalue weighted by atomic mass is 16.3. The third-order valence-electron chi connectivity index (χ3n) is 2.81. The number of aliphatic hydroxyl groups excluding tert-OH is 1. The van der Waals surface area contributed by atoms with Crippen molar-refractivity contribution in [2.75, 3.05) is 26.7 Å². The summed E-state index contributed by atoms with van der Waals surface area (Å²) < 4.78 is 0. The Bertz CT molecular complexity index is 124. The summed E-state index contributed by atoms with van der Waals surface area (Å²) in [6.45, 7) is 4.54. The summed E-state index contributed by atoms with van der Waals surface area (Å²) in [6, 6.07) is 0.899. The van der Waals surface area contributed by atoms with Gasteiger partial charge in [-0.3, -0.25) is 4.90 Å². The SMILES string of the molecule is CC(CO)N(C)C1CCCNC1. The smallest absolute Gasteiger partial charge is 0.0584 e. The first-order chi connectivity index (χ1) is 5.75. The monoisotopic (exact) mass is 172 g/mol. The fourth-order valence-corrected chi connectivity index (χ4v) is 1.67. The van der Waals surface area contributed by atoms with E-state index < -0.39 is 0 Å². The van der Waals surface area contributed by atoms with Crippen LogP contribution in [-0.4, -0.2) is 48.8 Å². The van der Waals surface area contributed by atoms with Gasteiger partial charge in [-0.25, -0.2) is 0 Å². The number of rotatable bonds is 3. The van der Waals surface area contributed by atoms with E-state index in [1.807, 2.05) is 0 Å². The standard InChI is InChI=1S/C9H20N2O/c1-8(7-12)11(2)9-4-3-5-10-6-9/h8-10,12H,3-7H2,1-2H3. The number of likely N-dealkylation sites (N-methyl/N-ethyl adjacent to an activating group) is 1. The van der Waals surface area contributed by atoms with Gasteiger partial charge in [-0.05, 0) is 33.4 Å². The lowest BCUT2D eigenvalue weighted by Gasteiger charge is -2.35. The summed E-state index contributed by atoms with van der Waals surface area (Å²) in [5, 5.41) is 12.3. The second kappa shape index (κ2) is 4.80. The molecule has 0 aromatic rings. The van der Waals surface area contributed by atoms with E-state index in [0.717, 1.165) is 13.1 Å². The molecule has 0 aromatic carbocycles. The fraction of sp³-hybridized carbons (Fsp3) is 1.00. The van der Waals surface area contributed by atoms with Gasteiger partial charge in [0.1, 0.15) is 0 Å². The van der Waals surface area contributed by atoms with Gasteiger partial charge in [0.15, 0.2) is 0 Å². The number of hydrogen-bond acceptors (Lipinski definition) is 3. The maximum atomic E-state index is 8.97. The Hall–Kier alpha value is -0.120. The molecule has 1 aliphatic rings. The van der Waals surface area contributed by atoms with Crippen LogP contribution >= 0.6 is 0 Å². The molecule has 1 saturated heterocycles. The number of nitrogens with zero attached hydrogens (tertiary/aromatic N) is 1. The average molecular weight is 172 g/mol. The summed E-state index contributed by atoms with van der Waals surface area (Å²) in [5.41, 5.74) is 0. The topological polar surface area (TPSA) is 35.5 Å². The predicted octanol–water partition coefficient (Wildman–Crippen LogP) is 0.0510. The molecule has 1 fully saturated rings. The number of hydrogen-bond donors (Lipinski definition) is 2. The van der Waals surface area contributed by atoms with Crippen molar-refractivity contribution >= 4 is 0 Å². The molecule has 2 unspecified atom stereocenters. The lowest BCUT2D eigenvalue weighted by atomic mass is 10.1. The Morgan fingerprint density at radius 1 is 1.67 bits per heavy atom. The van der Waals surface area contributed by atoms with E-state index in [1.54, 1.807) is 0 Å². The molecule has 0 aliphatic carbocycles. The zero-order valence-electron chi connectivity index (χ0n) is 8.08. The van der Waals surface area contributed by atoms with Crippen LogP contribution in [0.5, 0.6) is 0 Å². The molecule has 1 heterocycles. The van der Waals surface area contributed by atoms with Gasteiger partial charge in [-0.1, -0.05) is 0 Å². The Morgan fingerprint density at radius 2 is 2.42 bits per heavy atom. The van der Waals surface area contributed by atoms with E-state index in [4.69, 9.17) is 5.11 Å². The van der Waals surface area contributed by atoms with Crippen molar-refractivity contribution in [3.63, 3.8) is 0 Å². The zero-order chi connectivity index (χ0) is 8.97. The Balaban J connectivity index is 2.33. The third kappa shape index (κ3) is 2.44. The van der Waals surface area contributed by atoms with Gasteiger partial charge in [-0.2, -0.15) is 0 Å². The first kappa shape index (κ1) is 9.96. The quantitative estimate of drug-likeness (QED) is 0.631. The maximum Gasteiger partial charge on any atom is 0.0584 e. The van der Waals surface area contributed by atoms with Crippen LogP contribution in [0.3, 0.4) is 0 Å². The third-order valence-corrected chi connectivity index (χ3v) is 2.81. The first-order valence-electron chi connectivity index (χ1n) is 4.79. The van der Waals surface area contributed by atoms with Crippen LogP contribution in [0.4, 0.5) is 0 Å². The van der Waals surface area contributed by atoms with Crippen LogP contribution in [0, 0.1) is 0 Å². The second-order valence-electron chi connectivity index (χ2n) is 3.70. The molecule has 0 radical (unpaired) electrons. The molecule has 1 aliphatic heterocycles. The molecule has 12 heavy (non-hydrogen) atoms. The van der Waals surface area contributed by atoms with Crippen LogP contribution < -0.4 is 5.32 Å². The van der Waals surface area contributed by atoms with Crippen LogP contribution in [-0.2, 0) is 0 Å². The Morgan fingerprint density at radius 3 is 2.92 bits per heavy atom. The van der Waals surface area contributed by atoms with E-state index in [1.165, 1.54) is 12.8 Å². The van der Waals surface area contributed by atoms with E-state index in [-0.39, 0.29) is 12.6 Å². The second-order valence-corrected chi connectivity index (χ2v) is 3.70. The van der Waals surface area contributed by atoms with Gasteiger partial charge in [-0.15, -0.1) is 0 Å². The lowest BCUT2D eigenvalue weighted by molar-refractivity contribution is 0.106. The molecule has 0 bridgehead atoms. The number of piperidine rings is 1. The predicted molar refractivity (Wildman–Crippen MR) is 50.2 cm³/mol. The summed E-state index contributed by atoms with van der Waals surface area (Å²) in [6.07, 6.45) is 2.51. The Kier molecular flexibility index (Phi) is 3.98. The van der Waals surface area contributed by atoms with Gasteiger partial charge < -0.3 is 10.4 Å². The van der Waals surface area contributed by atoms with Crippen molar-refractivity contribution in [3.8, 4) is 0 Å². The average Bonchev–Trinajstić information content (AvgIpc) is 2.17. The van der Waals surface area contributed by atoms with Crippen LogP contribution in [0.15, 0.2) is 0 Å². The zero-order valence-corrected chi connectivity index (χ0v) is 8.08. The molecule has 2 N–H and O–H groups in total. The molecule has 0 aromatic heterocycles. The van der Waals surface area contributed by atoms with E-state index >= 15 is 0 Å². The van der Waals surface area contributed by atoms with Gasteiger partial charge in [0.2, 0.25) is 0 Å². The molecule has 72 valence electrons. The van der Waals surface area contributed by atoms with Gasteiger partial charge in [0, 0.05) is 18.6 Å². The molecule has 0 spiro atoms. The van der Waals surface area contributed by atoms with Gasteiger partial charge in [0.05, 0.1) is 6.61 Å². The Labute approximate surface area is 74.8 Å². The first-order valence-corrected chi connectivity index (χ1v) is 4.79. The largest absolute Gasteiger partial charge is 0.395 e. The summed E-state index contributed by atoms with van der Waals surface area (Å²) in [5.74, 6) is 0. The van der Waals surface area contributed by atoms with Crippen molar-refractivity contribution in [3.05, 3.63) is 0 Å². The molecular formula is C9H20N2O. The van der Waals surface area contributed by atoms with Gasteiger partial charge in [0.25, 0.3) is 0 Å². The number of aliphatic hydroxyl groups is 1. The van der Waals surface area contributed by atoms with E-state index in [9.17, 15) is 0 Å². The molecular weight excluding hydrogens is 152 g/mol. The molecule has 0 amide bonds. The van der Waals surface area contributed by atoms with Crippen molar-refractivity contribution in [1.29, 1.82) is 0 Å². The molecule has 3 heteroatoms. The summed E-state index contributed by atoms with van der Waals surface area (Å²) >= 11 is 0. The highest BCUT2D eigenvalue weighted by Crippen LogP contribution is 2.10. The maximum absolute atomic E-state index is 8.97. The van der Waals surface area contributed by atoms with Gasteiger partial charge >= 0.3 is 0 Å². The highest BCUT2D eigenvalue weighted by molar-refractivity contribution is 4.79. The van der Waals surface area contributed by atoms with Crippen LogP contribution in [0.2, 0.25) is 0 Å². The molecule has 2 atom stereocenters. The highest BCUT2D eigenvalue weighted by Gasteiger charge is 2.20. The van der Waals surface area contributed by atoms with E-state index in [2.05, 4.69) is 24.2 Å². The van der Waals surface area contributed by atoms with Crippen molar-refractivity contribution in [1.82, 2.24) is 10.2 Å². The lowest BCUT2D eigenvalue weighted by Crippen LogP contribution is -2.48. The fourth-order valence-electron chi connectivity index (χ4n) is 1.67. The minimum Gasteiger partial charge on any atom is -0.395 e. The molecule has 3 nitrogen and oxygen atoms in total. The normalized spacial score (nSPS) is 27.5.